The Labute approximate surface area is 133 Å². The second kappa shape index (κ2) is 7.77. The minimum absolute atomic E-state index is 0.570. The largest absolute Gasteiger partial charge is 0.489 e. The average molecular weight is 301 g/mol. The molecule has 1 aromatic rings. The zero-order valence-corrected chi connectivity index (χ0v) is 13.3. The summed E-state index contributed by atoms with van der Waals surface area (Å²) in [6.45, 7) is 12.3. The van der Waals surface area contributed by atoms with Gasteiger partial charge in [0.05, 0.1) is 0 Å². The van der Waals surface area contributed by atoms with Gasteiger partial charge in [-0.05, 0) is 12.5 Å². The van der Waals surface area contributed by atoms with Gasteiger partial charge in [0.25, 0.3) is 0 Å². The van der Waals surface area contributed by atoms with E-state index in [1.54, 1.807) is 6.08 Å². The van der Waals surface area contributed by atoms with Crippen LogP contribution in [0.25, 0.3) is 0 Å². The molecule has 3 rings (SSSR count). The van der Waals surface area contributed by atoms with Crippen LogP contribution in [0.3, 0.4) is 0 Å². The molecule has 2 saturated heterocycles. The highest BCUT2D eigenvalue weighted by molar-refractivity contribution is 5.33. The van der Waals surface area contributed by atoms with Crippen LogP contribution in [0.5, 0.6) is 5.75 Å². The summed E-state index contributed by atoms with van der Waals surface area (Å²) in [5, 5.41) is 3.44. The molecule has 4 nitrogen and oxygen atoms in total. The number of nitrogens with zero attached hydrogens (tertiary/aromatic N) is 2. The lowest BCUT2D eigenvalue weighted by Gasteiger charge is -2.32. The highest BCUT2D eigenvalue weighted by atomic mass is 16.5. The highest BCUT2D eigenvalue weighted by Gasteiger charge is 2.28. The summed E-state index contributed by atoms with van der Waals surface area (Å²) >= 11 is 0. The maximum absolute atomic E-state index is 5.78. The van der Waals surface area contributed by atoms with Gasteiger partial charge in [0.1, 0.15) is 12.4 Å². The molecule has 0 radical (unpaired) electrons. The van der Waals surface area contributed by atoms with Crippen LogP contribution in [0.1, 0.15) is 12.0 Å². The van der Waals surface area contributed by atoms with Gasteiger partial charge >= 0.3 is 0 Å². The Morgan fingerprint density at radius 3 is 2.86 bits per heavy atom. The van der Waals surface area contributed by atoms with E-state index in [0.717, 1.165) is 31.4 Å². The number of ether oxygens (including phenoxy) is 1. The molecule has 0 bridgehead atoms. The summed E-state index contributed by atoms with van der Waals surface area (Å²) in [4.78, 5) is 5.21. The monoisotopic (exact) mass is 301 g/mol. The van der Waals surface area contributed by atoms with Crippen molar-refractivity contribution in [3.8, 4) is 5.75 Å². The summed E-state index contributed by atoms with van der Waals surface area (Å²) in [7, 11) is 0. The topological polar surface area (TPSA) is 27.7 Å². The predicted molar refractivity (Wildman–Crippen MR) is 90.3 cm³/mol. The minimum atomic E-state index is 0.570. The van der Waals surface area contributed by atoms with Crippen LogP contribution in [0.15, 0.2) is 36.9 Å². The van der Waals surface area contributed by atoms with Crippen LogP contribution >= 0.6 is 0 Å². The third-order valence-corrected chi connectivity index (χ3v) is 4.64. The zero-order chi connectivity index (χ0) is 15.2. The number of piperazine rings is 1. The van der Waals surface area contributed by atoms with Crippen molar-refractivity contribution in [3.63, 3.8) is 0 Å². The molecule has 0 aromatic heterocycles. The van der Waals surface area contributed by atoms with Gasteiger partial charge in [-0.2, -0.15) is 0 Å². The maximum atomic E-state index is 5.78. The molecule has 1 aromatic carbocycles. The first-order valence-corrected chi connectivity index (χ1v) is 8.35. The van der Waals surface area contributed by atoms with E-state index in [0.29, 0.717) is 6.61 Å². The van der Waals surface area contributed by atoms with E-state index in [4.69, 9.17) is 4.74 Å². The molecule has 1 unspecified atom stereocenters. The third-order valence-electron chi connectivity index (χ3n) is 4.64. The van der Waals surface area contributed by atoms with Crippen molar-refractivity contribution < 1.29 is 4.74 Å². The van der Waals surface area contributed by atoms with Gasteiger partial charge < -0.3 is 10.1 Å². The summed E-state index contributed by atoms with van der Waals surface area (Å²) in [5.74, 6) is 0.994. The van der Waals surface area contributed by atoms with Gasteiger partial charge in [0.2, 0.25) is 0 Å². The quantitative estimate of drug-likeness (QED) is 0.810. The first kappa shape index (κ1) is 15.5. The highest BCUT2D eigenvalue weighted by Crippen LogP contribution is 2.23. The molecular formula is C18H27N3O. The van der Waals surface area contributed by atoms with Gasteiger partial charge in [0.15, 0.2) is 0 Å². The van der Waals surface area contributed by atoms with Crippen LogP contribution < -0.4 is 10.1 Å². The van der Waals surface area contributed by atoms with Crippen molar-refractivity contribution in [2.75, 3.05) is 45.9 Å². The van der Waals surface area contributed by atoms with E-state index >= 15 is 0 Å². The van der Waals surface area contributed by atoms with Gasteiger partial charge in [-0.3, -0.25) is 9.80 Å². The van der Waals surface area contributed by atoms with Crippen molar-refractivity contribution in [2.24, 2.45) is 0 Å². The SMILES string of the molecule is C=CCOc1ccccc1CN1CCC(N2CCNCC2)C1. The fourth-order valence-electron chi connectivity index (χ4n) is 3.47. The fraction of sp³-hybridized carbons (Fsp3) is 0.556. The number of rotatable bonds is 6. The Morgan fingerprint density at radius 1 is 1.23 bits per heavy atom. The molecule has 0 amide bonds. The Bertz CT molecular complexity index is 485. The van der Waals surface area contributed by atoms with Gasteiger partial charge in [0, 0.05) is 57.4 Å². The van der Waals surface area contributed by atoms with E-state index in [-0.39, 0.29) is 0 Å². The first-order valence-electron chi connectivity index (χ1n) is 8.35. The lowest BCUT2D eigenvalue weighted by Crippen LogP contribution is -2.49. The molecule has 2 aliphatic rings. The lowest BCUT2D eigenvalue weighted by atomic mass is 10.2. The van der Waals surface area contributed by atoms with E-state index in [9.17, 15) is 0 Å². The van der Waals surface area contributed by atoms with Gasteiger partial charge in [-0.1, -0.05) is 30.9 Å². The second-order valence-electron chi connectivity index (χ2n) is 6.17. The predicted octanol–water partition coefficient (Wildman–Crippen LogP) is 1.73. The summed E-state index contributed by atoms with van der Waals surface area (Å²) < 4.78 is 5.78. The summed E-state index contributed by atoms with van der Waals surface area (Å²) in [6.07, 6.45) is 3.09. The molecule has 1 N–H and O–H groups in total. The Morgan fingerprint density at radius 2 is 2.05 bits per heavy atom. The Hall–Kier alpha value is -1.36. The fourth-order valence-corrected chi connectivity index (χ4v) is 3.47. The summed E-state index contributed by atoms with van der Waals surface area (Å²) in [6, 6.07) is 9.10. The average Bonchev–Trinajstić information content (AvgIpc) is 3.03. The molecule has 0 aliphatic carbocycles. The number of hydrogen-bond donors (Lipinski definition) is 1. The number of hydrogen-bond acceptors (Lipinski definition) is 4. The second-order valence-corrected chi connectivity index (χ2v) is 6.17. The molecule has 1 atom stereocenters. The van der Waals surface area contributed by atoms with Crippen LogP contribution in [0, 0.1) is 0 Å². The molecule has 4 heteroatoms. The van der Waals surface area contributed by atoms with Crippen LogP contribution in [-0.2, 0) is 6.54 Å². The lowest BCUT2D eigenvalue weighted by molar-refractivity contribution is 0.170. The number of nitrogens with one attached hydrogen (secondary N) is 1. The maximum Gasteiger partial charge on any atom is 0.124 e. The Kier molecular flexibility index (Phi) is 5.48. The molecule has 22 heavy (non-hydrogen) atoms. The molecule has 2 aliphatic heterocycles. The zero-order valence-electron chi connectivity index (χ0n) is 13.3. The van der Waals surface area contributed by atoms with Crippen molar-refractivity contribution >= 4 is 0 Å². The number of benzene rings is 1. The van der Waals surface area contributed by atoms with Crippen LogP contribution in [0.2, 0.25) is 0 Å². The van der Waals surface area contributed by atoms with Crippen molar-refractivity contribution in [1.82, 2.24) is 15.1 Å². The van der Waals surface area contributed by atoms with Crippen LogP contribution in [-0.4, -0.2) is 61.7 Å². The van der Waals surface area contributed by atoms with Crippen molar-refractivity contribution in [1.29, 1.82) is 0 Å². The minimum Gasteiger partial charge on any atom is -0.489 e. The number of para-hydroxylation sites is 1. The standard InChI is InChI=1S/C18H27N3O/c1-2-13-22-18-6-4-3-5-16(18)14-20-10-7-17(15-20)21-11-8-19-9-12-21/h2-6,17,19H,1,7-15H2. The smallest absolute Gasteiger partial charge is 0.124 e. The van der Waals surface area contributed by atoms with E-state index in [2.05, 4.69) is 39.9 Å². The normalized spacial score (nSPS) is 23.5. The molecule has 0 saturated carbocycles. The van der Waals surface area contributed by atoms with Gasteiger partial charge in [-0.25, -0.2) is 0 Å². The van der Waals surface area contributed by atoms with E-state index < -0.39 is 0 Å². The van der Waals surface area contributed by atoms with Crippen molar-refractivity contribution in [2.45, 2.75) is 19.0 Å². The van der Waals surface area contributed by atoms with E-state index in [1.165, 1.54) is 38.2 Å². The van der Waals surface area contributed by atoms with Crippen LogP contribution in [0.4, 0.5) is 0 Å². The van der Waals surface area contributed by atoms with Gasteiger partial charge in [-0.15, -0.1) is 0 Å². The third kappa shape index (κ3) is 3.88. The molecular weight excluding hydrogens is 274 g/mol. The number of likely N-dealkylation sites (tertiary alicyclic amines) is 1. The first-order chi connectivity index (χ1) is 10.9. The molecule has 120 valence electrons. The Balaban J connectivity index is 1.56. The van der Waals surface area contributed by atoms with E-state index in [1.807, 2.05) is 6.07 Å². The van der Waals surface area contributed by atoms with Crippen molar-refractivity contribution in [3.05, 3.63) is 42.5 Å². The molecule has 2 fully saturated rings. The molecule has 0 spiro atoms. The summed E-state index contributed by atoms with van der Waals surface area (Å²) in [5.41, 5.74) is 1.28. The molecule has 2 heterocycles.